The van der Waals surface area contributed by atoms with E-state index in [2.05, 4.69) is 15.5 Å². The molecule has 0 fully saturated rings. The normalized spacial score (nSPS) is 14.9. The van der Waals surface area contributed by atoms with Gasteiger partial charge in [0.2, 0.25) is 11.1 Å². The fraction of sp³-hybridized carbons (Fsp3) is 0.714. The van der Waals surface area contributed by atoms with E-state index in [4.69, 9.17) is 11.5 Å². The Kier molecular flexibility index (Phi) is 3.64. The van der Waals surface area contributed by atoms with Gasteiger partial charge in [-0.3, -0.25) is 4.79 Å². The lowest BCUT2D eigenvalue weighted by molar-refractivity contribution is -0.122. The molecule has 4 N–H and O–H groups in total. The lowest BCUT2D eigenvalue weighted by Crippen LogP contribution is -2.49. The van der Waals surface area contributed by atoms with Gasteiger partial charge in [-0.25, -0.2) is 4.68 Å². The van der Waals surface area contributed by atoms with Gasteiger partial charge in [-0.05, 0) is 23.8 Å². The minimum atomic E-state index is -0.973. The van der Waals surface area contributed by atoms with Gasteiger partial charge in [0.25, 0.3) is 0 Å². The van der Waals surface area contributed by atoms with E-state index in [-0.39, 0.29) is 0 Å². The van der Waals surface area contributed by atoms with E-state index < -0.39 is 11.4 Å². The van der Waals surface area contributed by atoms with Crippen LogP contribution in [0.1, 0.15) is 13.3 Å². The molecule has 1 atom stereocenters. The summed E-state index contributed by atoms with van der Waals surface area (Å²) in [6.45, 7) is 1.62. The third-order valence-electron chi connectivity index (χ3n) is 2.00. The smallest absolute Gasteiger partial charge is 0.237 e. The zero-order chi connectivity index (χ0) is 11.5. The van der Waals surface area contributed by atoms with E-state index in [1.54, 1.807) is 18.7 Å². The van der Waals surface area contributed by atoms with E-state index in [1.807, 2.05) is 0 Å². The van der Waals surface area contributed by atoms with E-state index in [0.29, 0.717) is 17.3 Å². The Balaban J connectivity index is 2.40. The molecular formula is C7H14N6OS. The first-order chi connectivity index (χ1) is 6.93. The third kappa shape index (κ3) is 3.17. The van der Waals surface area contributed by atoms with Crippen LogP contribution in [0, 0.1) is 0 Å². The molecule has 84 valence electrons. The van der Waals surface area contributed by atoms with Gasteiger partial charge >= 0.3 is 0 Å². The van der Waals surface area contributed by atoms with E-state index >= 15 is 0 Å². The van der Waals surface area contributed by atoms with E-state index in [1.165, 1.54) is 11.8 Å². The Morgan fingerprint density at radius 2 is 2.33 bits per heavy atom. The molecule has 0 saturated heterocycles. The number of carbonyl (C=O) groups is 1. The number of aryl methyl sites for hydroxylation is 1. The first kappa shape index (κ1) is 11.9. The van der Waals surface area contributed by atoms with Gasteiger partial charge in [-0.15, -0.1) is 5.10 Å². The maximum Gasteiger partial charge on any atom is 0.237 e. The number of rotatable bonds is 5. The van der Waals surface area contributed by atoms with Crippen molar-refractivity contribution in [3.05, 3.63) is 0 Å². The number of primary amides is 1. The second-order valence-electron chi connectivity index (χ2n) is 3.47. The van der Waals surface area contributed by atoms with Crippen molar-refractivity contribution < 1.29 is 4.79 Å². The van der Waals surface area contributed by atoms with Gasteiger partial charge in [0, 0.05) is 12.8 Å². The average molecular weight is 230 g/mol. The van der Waals surface area contributed by atoms with Crippen molar-refractivity contribution >= 4 is 17.7 Å². The molecule has 0 bridgehead atoms. The van der Waals surface area contributed by atoms with Crippen LogP contribution in [-0.2, 0) is 11.8 Å². The van der Waals surface area contributed by atoms with Crippen LogP contribution in [0.5, 0.6) is 0 Å². The van der Waals surface area contributed by atoms with Crippen molar-refractivity contribution in [3.8, 4) is 0 Å². The van der Waals surface area contributed by atoms with Crippen LogP contribution in [-0.4, -0.2) is 37.4 Å². The second kappa shape index (κ2) is 4.58. The Morgan fingerprint density at radius 1 is 1.67 bits per heavy atom. The van der Waals surface area contributed by atoms with Crippen molar-refractivity contribution in [2.24, 2.45) is 18.5 Å². The largest absolute Gasteiger partial charge is 0.368 e. The maximum atomic E-state index is 10.9. The SMILES string of the molecule is Cn1nnnc1SCCC(C)(N)C(N)=O. The number of nitrogens with zero attached hydrogens (tertiary/aromatic N) is 4. The first-order valence-corrected chi connectivity index (χ1v) is 5.36. The van der Waals surface area contributed by atoms with Crippen LogP contribution in [0.25, 0.3) is 0 Å². The van der Waals surface area contributed by atoms with Crippen molar-refractivity contribution in [3.63, 3.8) is 0 Å². The van der Waals surface area contributed by atoms with Gasteiger partial charge in [-0.2, -0.15) is 0 Å². The molecule has 0 saturated carbocycles. The number of aromatic nitrogens is 4. The molecule has 0 aliphatic heterocycles. The van der Waals surface area contributed by atoms with Crippen molar-refractivity contribution in [2.75, 3.05) is 5.75 Å². The predicted molar refractivity (Wildman–Crippen MR) is 55.9 cm³/mol. The standard InChI is InChI=1S/C7H14N6OS/c1-7(9,5(8)14)3-4-15-6-10-11-12-13(6)2/h3-4,9H2,1-2H3,(H2,8,14). The molecule has 1 unspecified atom stereocenters. The van der Waals surface area contributed by atoms with Gasteiger partial charge in [-0.1, -0.05) is 11.8 Å². The fourth-order valence-corrected chi connectivity index (χ4v) is 1.85. The number of amides is 1. The Hall–Kier alpha value is -1.15. The second-order valence-corrected chi connectivity index (χ2v) is 4.53. The van der Waals surface area contributed by atoms with Gasteiger partial charge < -0.3 is 11.5 Å². The molecule has 1 aromatic heterocycles. The minimum Gasteiger partial charge on any atom is -0.368 e. The van der Waals surface area contributed by atoms with E-state index in [9.17, 15) is 4.79 Å². The van der Waals surface area contributed by atoms with Crippen LogP contribution in [0.3, 0.4) is 0 Å². The molecule has 0 aromatic carbocycles. The van der Waals surface area contributed by atoms with Crippen LogP contribution < -0.4 is 11.5 Å². The molecule has 1 amide bonds. The number of tetrazole rings is 1. The molecule has 1 aromatic rings. The molecule has 15 heavy (non-hydrogen) atoms. The Bertz CT molecular complexity index is 349. The van der Waals surface area contributed by atoms with Crippen LogP contribution >= 0.6 is 11.8 Å². The van der Waals surface area contributed by atoms with Gasteiger partial charge in [0.05, 0.1) is 5.54 Å². The summed E-state index contributed by atoms with van der Waals surface area (Å²) in [4.78, 5) is 10.9. The highest BCUT2D eigenvalue weighted by atomic mass is 32.2. The third-order valence-corrected chi connectivity index (χ3v) is 3.01. The highest BCUT2D eigenvalue weighted by molar-refractivity contribution is 7.99. The quantitative estimate of drug-likeness (QED) is 0.620. The number of thioether (sulfide) groups is 1. The topological polar surface area (TPSA) is 113 Å². The highest BCUT2D eigenvalue weighted by Gasteiger charge is 2.25. The molecule has 0 aliphatic carbocycles. The zero-order valence-corrected chi connectivity index (χ0v) is 9.49. The summed E-state index contributed by atoms with van der Waals surface area (Å²) in [5, 5.41) is 11.6. The molecule has 8 heteroatoms. The summed E-state index contributed by atoms with van der Waals surface area (Å²) in [7, 11) is 1.75. The summed E-state index contributed by atoms with van der Waals surface area (Å²) in [5.41, 5.74) is 9.86. The zero-order valence-electron chi connectivity index (χ0n) is 8.67. The molecule has 7 nitrogen and oxygen atoms in total. The van der Waals surface area contributed by atoms with Crippen molar-refractivity contribution in [1.82, 2.24) is 20.2 Å². The minimum absolute atomic E-state index is 0.486. The van der Waals surface area contributed by atoms with Crippen molar-refractivity contribution in [1.29, 1.82) is 0 Å². The molecule has 0 radical (unpaired) electrons. The summed E-state index contributed by atoms with van der Waals surface area (Å²) < 4.78 is 1.56. The van der Waals surface area contributed by atoms with Gasteiger partial charge in [0.15, 0.2) is 0 Å². The number of hydrogen-bond acceptors (Lipinski definition) is 6. The Labute approximate surface area is 91.6 Å². The molecule has 1 heterocycles. The van der Waals surface area contributed by atoms with E-state index in [0.717, 1.165) is 0 Å². The summed E-state index contributed by atoms with van der Waals surface area (Å²) >= 11 is 1.44. The molecule has 0 aliphatic rings. The summed E-state index contributed by atoms with van der Waals surface area (Å²) in [6.07, 6.45) is 0.486. The van der Waals surface area contributed by atoms with Crippen LogP contribution in [0.15, 0.2) is 5.16 Å². The first-order valence-electron chi connectivity index (χ1n) is 4.37. The summed E-state index contributed by atoms with van der Waals surface area (Å²) in [5.74, 6) is 0.142. The molecule has 1 rings (SSSR count). The summed E-state index contributed by atoms with van der Waals surface area (Å²) in [6, 6.07) is 0. The number of nitrogens with two attached hydrogens (primary N) is 2. The number of hydrogen-bond donors (Lipinski definition) is 2. The average Bonchev–Trinajstić information content (AvgIpc) is 2.51. The highest BCUT2D eigenvalue weighted by Crippen LogP contribution is 2.17. The Morgan fingerprint density at radius 3 is 2.80 bits per heavy atom. The monoisotopic (exact) mass is 230 g/mol. The van der Waals surface area contributed by atoms with Crippen molar-refractivity contribution in [2.45, 2.75) is 24.0 Å². The lowest BCUT2D eigenvalue weighted by Gasteiger charge is -2.19. The fourth-order valence-electron chi connectivity index (χ4n) is 0.821. The number of carbonyl (C=O) groups excluding carboxylic acids is 1. The predicted octanol–water partition coefficient (Wildman–Crippen LogP) is -1.10. The lowest BCUT2D eigenvalue weighted by atomic mass is 10.0. The molecule has 0 spiro atoms. The van der Waals surface area contributed by atoms with Crippen LogP contribution in [0.2, 0.25) is 0 Å². The van der Waals surface area contributed by atoms with Gasteiger partial charge in [0.1, 0.15) is 0 Å². The molecular weight excluding hydrogens is 216 g/mol. The maximum absolute atomic E-state index is 10.9. The van der Waals surface area contributed by atoms with Crippen LogP contribution in [0.4, 0.5) is 0 Å².